The van der Waals surface area contributed by atoms with Crippen molar-refractivity contribution >= 4 is 46.6 Å². The van der Waals surface area contributed by atoms with Crippen molar-refractivity contribution in [1.29, 1.82) is 0 Å². The van der Waals surface area contributed by atoms with E-state index in [1.807, 2.05) is 60.0 Å². The van der Waals surface area contributed by atoms with Gasteiger partial charge < -0.3 is 4.74 Å². The minimum atomic E-state index is -0.283. The molecule has 184 valence electrons. The van der Waals surface area contributed by atoms with E-state index in [2.05, 4.69) is 20.7 Å². The van der Waals surface area contributed by atoms with Gasteiger partial charge in [-0.2, -0.15) is 5.10 Å². The van der Waals surface area contributed by atoms with Crippen molar-refractivity contribution in [2.75, 3.05) is 12.9 Å². The molecule has 0 atom stereocenters. The Bertz CT molecular complexity index is 1400. The van der Waals surface area contributed by atoms with Gasteiger partial charge in [0.1, 0.15) is 5.75 Å². The number of hydrogen-bond donors (Lipinski definition) is 1. The van der Waals surface area contributed by atoms with E-state index in [0.717, 1.165) is 22.6 Å². The fraction of sp³-hybridized carbons (Fsp3) is 0.154. The van der Waals surface area contributed by atoms with Crippen LogP contribution in [0.25, 0.3) is 17.1 Å². The largest absolute Gasteiger partial charge is 0.497 e. The first-order chi connectivity index (χ1) is 17.4. The molecule has 7 nitrogen and oxygen atoms in total. The molecule has 3 aromatic carbocycles. The normalized spacial score (nSPS) is 11.4. The summed E-state index contributed by atoms with van der Waals surface area (Å²) in [7, 11) is 1.62. The third kappa shape index (κ3) is 6.07. The van der Waals surface area contributed by atoms with Gasteiger partial charge in [-0.1, -0.05) is 58.7 Å². The lowest BCUT2D eigenvalue weighted by molar-refractivity contribution is -0.118. The van der Waals surface area contributed by atoms with Crippen LogP contribution in [0.4, 0.5) is 0 Å². The fourth-order valence-corrected chi connectivity index (χ4v) is 4.66. The highest BCUT2D eigenvalue weighted by Crippen LogP contribution is 2.29. The quantitative estimate of drug-likeness (QED) is 0.164. The summed E-state index contributed by atoms with van der Waals surface area (Å²) < 4.78 is 7.20. The number of hydrazone groups is 1. The molecule has 1 amide bonds. The monoisotopic (exact) mass is 539 g/mol. The average Bonchev–Trinajstić information content (AvgIpc) is 3.30. The Hall–Kier alpha value is -3.33. The summed E-state index contributed by atoms with van der Waals surface area (Å²) in [6.45, 7) is 3.79. The number of benzene rings is 3. The van der Waals surface area contributed by atoms with Crippen molar-refractivity contribution in [2.24, 2.45) is 5.10 Å². The lowest BCUT2D eigenvalue weighted by Gasteiger charge is -2.11. The van der Waals surface area contributed by atoms with Crippen LogP contribution in [0.2, 0.25) is 10.0 Å². The Morgan fingerprint density at radius 1 is 1.06 bits per heavy atom. The third-order valence-electron chi connectivity index (χ3n) is 5.28. The zero-order valence-electron chi connectivity index (χ0n) is 19.8. The van der Waals surface area contributed by atoms with E-state index in [4.69, 9.17) is 27.9 Å². The highest BCUT2D eigenvalue weighted by molar-refractivity contribution is 7.99. The van der Waals surface area contributed by atoms with Crippen LogP contribution in [-0.4, -0.2) is 39.2 Å². The Morgan fingerprint density at radius 3 is 2.44 bits per heavy atom. The van der Waals surface area contributed by atoms with Crippen molar-refractivity contribution in [2.45, 2.75) is 19.0 Å². The molecule has 0 fully saturated rings. The lowest BCUT2D eigenvalue weighted by atomic mass is 10.1. The molecule has 4 rings (SSSR count). The lowest BCUT2D eigenvalue weighted by Crippen LogP contribution is -2.21. The predicted molar refractivity (Wildman–Crippen MR) is 146 cm³/mol. The van der Waals surface area contributed by atoms with Crippen LogP contribution in [0, 0.1) is 6.92 Å². The summed E-state index contributed by atoms with van der Waals surface area (Å²) in [5.74, 6) is 1.23. The molecule has 10 heteroatoms. The van der Waals surface area contributed by atoms with E-state index in [0.29, 0.717) is 32.3 Å². The number of thioether (sulfide) groups is 1. The number of halogens is 2. The summed E-state index contributed by atoms with van der Waals surface area (Å²) in [5, 5.41) is 14.5. The van der Waals surface area contributed by atoms with Gasteiger partial charge in [-0.25, -0.2) is 5.43 Å². The van der Waals surface area contributed by atoms with Gasteiger partial charge in [-0.3, -0.25) is 9.36 Å². The van der Waals surface area contributed by atoms with E-state index in [-0.39, 0.29) is 11.7 Å². The molecule has 0 spiro atoms. The number of carbonyl (C=O) groups is 1. The maximum absolute atomic E-state index is 12.6. The number of aryl methyl sites for hydroxylation is 1. The van der Waals surface area contributed by atoms with Crippen LogP contribution in [0.15, 0.2) is 77.0 Å². The minimum absolute atomic E-state index is 0.0950. The molecule has 1 aromatic heterocycles. The van der Waals surface area contributed by atoms with Crippen molar-refractivity contribution in [3.63, 3.8) is 0 Å². The summed E-state index contributed by atoms with van der Waals surface area (Å²) in [4.78, 5) is 12.6. The van der Waals surface area contributed by atoms with E-state index in [1.165, 1.54) is 11.8 Å². The molecule has 1 N–H and O–H groups in total. The predicted octanol–water partition coefficient (Wildman–Crippen LogP) is 6.19. The summed E-state index contributed by atoms with van der Waals surface area (Å²) in [6, 6.07) is 20.7. The molecule has 0 saturated carbocycles. The summed E-state index contributed by atoms with van der Waals surface area (Å²) in [5.41, 5.74) is 6.75. The van der Waals surface area contributed by atoms with E-state index >= 15 is 0 Å². The Kier molecular flexibility index (Phi) is 8.30. The second-order valence-corrected chi connectivity index (χ2v) is 9.64. The summed E-state index contributed by atoms with van der Waals surface area (Å²) >= 11 is 13.5. The number of hydrogen-bond acceptors (Lipinski definition) is 6. The number of ether oxygens (including phenoxy) is 1. The molecule has 1 heterocycles. The molecular weight excluding hydrogens is 517 g/mol. The van der Waals surface area contributed by atoms with Gasteiger partial charge in [0.2, 0.25) is 0 Å². The van der Waals surface area contributed by atoms with E-state index in [1.54, 1.807) is 32.2 Å². The molecule has 0 unspecified atom stereocenters. The molecule has 0 saturated heterocycles. The van der Waals surface area contributed by atoms with Crippen molar-refractivity contribution < 1.29 is 9.53 Å². The fourth-order valence-electron chi connectivity index (χ4n) is 3.37. The van der Waals surface area contributed by atoms with Crippen molar-refractivity contribution in [1.82, 2.24) is 20.2 Å². The van der Waals surface area contributed by atoms with Crippen molar-refractivity contribution in [3.05, 3.63) is 87.9 Å². The van der Waals surface area contributed by atoms with Crippen LogP contribution < -0.4 is 10.2 Å². The van der Waals surface area contributed by atoms with Crippen LogP contribution in [0.1, 0.15) is 18.1 Å². The van der Waals surface area contributed by atoms with Crippen LogP contribution in [-0.2, 0) is 4.79 Å². The molecule has 0 aliphatic rings. The first-order valence-electron chi connectivity index (χ1n) is 10.9. The highest BCUT2D eigenvalue weighted by atomic mass is 35.5. The van der Waals surface area contributed by atoms with Crippen molar-refractivity contribution in [3.8, 4) is 22.8 Å². The van der Waals surface area contributed by atoms with Gasteiger partial charge in [-0.05, 0) is 62.4 Å². The molecule has 4 aromatic rings. The van der Waals surface area contributed by atoms with Gasteiger partial charge in [0.25, 0.3) is 5.91 Å². The second kappa shape index (κ2) is 11.6. The third-order valence-corrected chi connectivity index (χ3v) is 6.75. The van der Waals surface area contributed by atoms with Gasteiger partial charge in [0, 0.05) is 21.8 Å². The molecule has 0 radical (unpaired) electrons. The number of rotatable bonds is 8. The van der Waals surface area contributed by atoms with Crippen LogP contribution in [0.3, 0.4) is 0 Å². The maximum Gasteiger partial charge on any atom is 0.250 e. The molecular formula is C26H23Cl2N5O2S. The van der Waals surface area contributed by atoms with Gasteiger partial charge in [-0.15, -0.1) is 10.2 Å². The van der Waals surface area contributed by atoms with E-state index in [9.17, 15) is 4.79 Å². The molecule has 36 heavy (non-hydrogen) atoms. The van der Waals surface area contributed by atoms with Crippen LogP contribution in [0.5, 0.6) is 5.75 Å². The Morgan fingerprint density at radius 2 is 1.78 bits per heavy atom. The Balaban J connectivity index is 1.53. The number of aromatic nitrogens is 3. The van der Waals surface area contributed by atoms with Crippen LogP contribution >= 0.6 is 35.0 Å². The maximum atomic E-state index is 12.6. The molecule has 0 bridgehead atoms. The topological polar surface area (TPSA) is 81.4 Å². The zero-order valence-corrected chi connectivity index (χ0v) is 22.2. The standard InChI is InChI=1S/C26H23Cl2N5O2S/c1-16-4-9-20(10-5-16)33-25(18-6-11-21(35-3)12-7-18)31-32-26(33)36-15-24(34)30-29-17(2)22-13-8-19(27)14-23(22)28/h4-14H,15H2,1-3H3,(H,30,34)/b29-17-. The zero-order chi connectivity index (χ0) is 25.7. The highest BCUT2D eigenvalue weighted by Gasteiger charge is 2.17. The SMILES string of the molecule is COc1ccc(-c2nnc(SCC(=O)N/N=C(/C)c3ccc(Cl)cc3Cl)n2-c2ccc(C)cc2)cc1. The van der Waals surface area contributed by atoms with E-state index < -0.39 is 0 Å². The first kappa shape index (κ1) is 25.8. The molecule has 0 aliphatic heterocycles. The smallest absolute Gasteiger partial charge is 0.250 e. The molecule has 0 aliphatic carbocycles. The number of methoxy groups -OCH3 is 1. The average molecular weight is 540 g/mol. The number of carbonyl (C=O) groups excluding carboxylic acids is 1. The number of nitrogens with one attached hydrogen (secondary N) is 1. The first-order valence-corrected chi connectivity index (χ1v) is 12.7. The second-order valence-electron chi connectivity index (χ2n) is 7.85. The summed E-state index contributed by atoms with van der Waals surface area (Å²) in [6.07, 6.45) is 0. The number of nitrogens with zero attached hydrogens (tertiary/aromatic N) is 4. The number of amides is 1. The van der Waals surface area contributed by atoms with Gasteiger partial charge in [0.05, 0.1) is 23.6 Å². The van der Waals surface area contributed by atoms with Gasteiger partial charge in [0.15, 0.2) is 11.0 Å². The minimum Gasteiger partial charge on any atom is -0.497 e. The van der Waals surface area contributed by atoms with Gasteiger partial charge >= 0.3 is 0 Å². The Labute approximate surface area is 223 Å².